The maximum Gasteiger partial charge on any atom is 0.293 e. The minimum Gasteiger partial charge on any atom is -0.462 e. The normalized spacial score (nSPS) is 15.0. The van der Waals surface area contributed by atoms with Crippen LogP contribution in [0, 0.1) is 0 Å². The van der Waals surface area contributed by atoms with E-state index in [-0.39, 0.29) is 17.4 Å². The molecule has 8 heteroatoms. The first-order valence-electron chi connectivity index (χ1n) is 12.0. The molecule has 35 heavy (non-hydrogen) atoms. The van der Waals surface area contributed by atoms with Gasteiger partial charge < -0.3 is 15.8 Å². The molecule has 3 N–H and O–H groups in total. The zero-order valence-corrected chi connectivity index (χ0v) is 21.8. The van der Waals surface area contributed by atoms with E-state index < -0.39 is 10.0 Å². The number of sulfonamides is 1. The number of nitrogens with zero attached hydrogens (tertiary/aromatic N) is 1. The van der Waals surface area contributed by atoms with Gasteiger partial charge in [0, 0.05) is 19.1 Å². The van der Waals surface area contributed by atoms with Gasteiger partial charge in [-0.05, 0) is 63.4 Å². The van der Waals surface area contributed by atoms with E-state index in [1.54, 1.807) is 10.4 Å². The van der Waals surface area contributed by atoms with E-state index in [1.165, 1.54) is 0 Å². The van der Waals surface area contributed by atoms with Crippen LogP contribution in [0.2, 0.25) is 0 Å². The average molecular weight is 502 g/mol. The van der Waals surface area contributed by atoms with Gasteiger partial charge in [-0.15, -0.1) is 0 Å². The van der Waals surface area contributed by atoms with Gasteiger partial charge in [0.05, 0.1) is 5.75 Å². The third-order valence-corrected chi connectivity index (χ3v) is 7.24. The summed E-state index contributed by atoms with van der Waals surface area (Å²) in [7, 11) is -3.40. The number of rotatable bonds is 9. The van der Waals surface area contributed by atoms with Crippen molar-refractivity contribution in [2.24, 2.45) is 5.73 Å². The van der Waals surface area contributed by atoms with Crippen LogP contribution in [0.1, 0.15) is 50.3 Å². The van der Waals surface area contributed by atoms with Crippen LogP contribution in [0.15, 0.2) is 60.7 Å². The van der Waals surface area contributed by atoms with Crippen molar-refractivity contribution >= 4 is 22.6 Å². The summed E-state index contributed by atoms with van der Waals surface area (Å²) in [6.07, 6.45) is 5.29. The molecule has 0 aliphatic carbocycles. The van der Waals surface area contributed by atoms with Gasteiger partial charge in [-0.2, -0.15) is 4.31 Å². The molecule has 0 saturated carbocycles. The summed E-state index contributed by atoms with van der Waals surface area (Å²) in [4.78, 5) is 9.60. The Morgan fingerprint density at radius 2 is 1.66 bits per heavy atom. The zero-order chi connectivity index (χ0) is 25.7. The molecule has 1 saturated heterocycles. The first-order valence-corrected chi connectivity index (χ1v) is 13.6. The molecule has 1 fully saturated rings. The molecule has 0 unspecified atom stereocenters. The first kappa shape index (κ1) is 28.7. The Hall–Kier alpha value is -2.52. The van der Waals surface area contributed by atoms with Crippen LogP contribution in [0.3, 0.4) is 0 Å². The highest BCUT2D eigenvalue weighted by Crippen LogP contribution is 2.20. The smallest absolute Gasteiger partial charge is 0.293 e. The number of hydrogen-bond donors (Lipinski definition) is 2. The Labute approximate surface area is 210 Å². The van der Waals surface area contributed by atoms with Gasteiger partial charge in [0.15, 0.2) is 0 Å². The summed E-state index contributed by atoms with van der Waals surface area (Å²) in [5, 5.41) is 3.31. The molecule has 192 valence electrons. The first-order chi connectivity index (χ1) is 16.6. The van der Waals surface area contributed by atoms with Crippen LogP contribution in [0.5, 0.6) is 0 Å². The van der Waals surface area contributed by atoms with Gasteiger partial charge in [-0.1, -0.05) is 66.7 Å². The molecule has 0 spiro atoms. The fourth-order valence-electron chi connectivity index (χ4n) is 3.62. The van der Waals surface area contributed by atoms with Crippen LogP contribution in [0.4, 0.5) is 0 Å². The standard InChI is InChI=1S/C22H29N3O2S.C5H10O2/c23-17-20-10-8-19(9-11-20)7-4-16-28(26,27)25(22-12-14-24-15-13-22)18-21-5-2-1-3-6-21;1-5(2,3)7-4-6/h1-11,22,24H,12-18,23H2;4H,1-3H3. The third-order valence-electron chi connectivity index (χ3n) is 5.49. The monoisotopic (exact) mass is 501 g/mol. The number of hydrogen-bond acceptors (Lipinski definition) is 6. The second-order valence-corrected chi connectivity index (χ2v) is 11.4. The number of piperidine rings is 1. The maximum atomic E-state index is 13.2. The highest BCUT2D eigenvalue weighted by molar-refractivity contribution is 7.89. The van der Waals surface area contributed by atoms with Crippen molar-refractivity contribution in [1.82, 2.24) is 9.62 Å². The topological polar surface area (TPSA) is 102 Å². The van der Waals surface area contributed by atoms with E-state index in [0.717, 1.165) is 42.6 Å². The van der Waals surface area contributed by atoms with Crippen LogP contribution in [-0.2, 0) is 32.6 Å². The van der Waals surface area contributed by atoms with Gasteiger partial charge in [-0.3, -0.25) is 4.79 Å². The Morgan fingerprint density at radius 3 is 2.17 bits per heavy atom. The van der Waals surface area contributed by atoms with Crippen molar-refractivity contribution in [1.29, 1.82) is 0 Å². The van der Waals surface area contributed by atoms with Crippen LogP contribution < -0.4 is 11.1 Å². The Kier molecular flexibility index (Phi) is 11.6. The van der Waals surface area contributed by atoms with Crippen molar-refractivity contribution < 1.29 is 17.9 Å². The largest absolute Gasteiger partial charge is 0.462 e. The number of nitrogens with one attached hydrogen (secondary N) is 1. The molecule has 2 aromatic rings. The predicted molar refractivity (Wildman–Crippen MR) is 142 cm³/mol. The fourth-order valence-corrected chi connectivity index (χ4v) is 5.17. The van der Waals surface area contributed by atoms with E-state index in [0.29, 0.717) is 19.6 Å². The molecule has 1 aliphatic rings. The third kappa shape index (κ3) is 10.7. The van der Waals surface area contributed by atoms with E-state index in [4.69, 9.17) is 5.73 Å². The Balaban J connectivity index is 0.000000540. The van der Waals surface area contributed by atoms with Crippen LogP contribution >= 0.6 is 0 Å². The zero-order valence-electron chi connectivity index (χ0n) is 21.0. The summed E-state index contributed by atoms with van der Waals surface area (Å²) >= 11 is 0. The molecule has 3 rings (SSSR count). The molecule has 7 nitrogen and oxygen atoms in total. The van der Waals surface area contributed by atoms with Gasteiger partial charge in [-0.25, -0.2) is 8.42 Å². The number of nitrogens with two attached hydrogens (primary N) is 1. The lowest BCUT2D eigenvalue weighted by molar-refractivity contribution is -0.138. The number of carbonyl (C=O) groups is 1. The lowest BCUT2D eigenvalue weighted by Gasteiger charge is -2.33. The number of carbonyl (C=O) groups excluding carboxylic acids is 1. The summed E-state index contributed by atoms with van der Waals surface area (Å²) in [6, 6.07) is 17.7. The number of benzene rings is 2. The second-order valence-electron chi connectivity index (χ2n) is 9.47. The van der Waals surface area contributed by atoms with Crippen molar-refractivity contribution in [2.45, 2.75) is 58.3 Å². The van der Waals surface area contributed by atoms with Gasteiger partial charge in [0.1, 0.15) is 5.60 Å². The van der Waals surface area contributed by atoms with E-state index in [1.807, 2.05) is 81.4 Å². The molecular formula is C27H39N3O4S. The summed E-state index contributed by atoms with van der Waals surface area (Å²) in [5.74, 6) is 0.00238. The number of ether oxygens (including phenoxy) is 1. The summed E-state index contributed by atoms with van der Waals surface area (Å²) in [6.45, 7) is 8.56. The van der Waals surface area contributed by atoms with Crippen molar-refractivity contribution in [3.63, 3.8) is 0 Å². The summed E-state index contributed by atoms with van der Waals surface area (Å²) < 4.78 is 32.6. The van der Waals surface area contributed by atoms with E-state index in [9.17, 15) is 13.2 Å². The van der Waals surface area contributed by atoms with Crippen molar-refractivity contribution in [3.05, 3.63) is 77.4 Å². The molecule has 2 aromatic carbocycles. The van der Waals surface area contributed by atoms with Crippen molar-refractivity contribution in [2.75, 3.05) is 18.8 Å². The molecule has 0 atom stereocenters. The predicted octanol–water partition coefficient (Wildman–Crippen LogP) is 3.70. The molecule has 1 heterocycles. The fraction of sp³-hybridized carbons (Fsp3) is 0.444. The van der Waals surface area contributed by atoms with Crippen LogP contribution in [-0.4, -0.2) is 49.7 Å². The van der Waals surface area contributed by atoms with Crippen molar-refractivity contribution in [3.8, 4) is 0 Å². The van der Waals surface area contributed by atoms with Gasteiger partial charge in [0.2, 0.25) is 10.0 Å². The second kappa shape index (κ2) is 14.1. The average Bonchev–Trinajstić information content (AvgIpc) is 2.84. The lowest BCUT2D eigenvalue weighted by Crippen LogP contribution is -2.46. The minimum absolute atomic E-state index is 0.00238. The highest BCUT2D eigenvalue weighted by Gasteiger charge is 2.30. The summed E-state index contributed by atoms with van der Waals surface area (Å²) in [5.41, 5.74) is 8.35. The highest BCUT2D eigenvalue weighted by atomic mass is 32.2. The van der Waals surface area contributed by atoms with E-state index in [2.05, 4.69) is 10.1 Å². The molecule has 1 aliphatic heterocycles. The molecule has 0 radical (unpaired) electrons. The lowest BCUT2D eigenvalue weighted by atomic mass is 10.1. The molecule has 0 aromatic heterocycles. The Bertz CT molecular complexity index is 1010. The SMILES string of the molecule is CC(C)(C)OC=O.NCc1ccc(C=CCS(=O)(=O)N(Cc2ccccc2)C2CCNCC2)cc1. The van der Waals surface area contributed by atoms with Gasteiger partial charge in [0.25, 0.3) is 6.47 Å². The van der Waals surface area contributed by atoms with E-state index >= 15 is 0 Å². The maximum absolute atomic E-state index is 13.2. The quantitative estimate of drug-likeness (QED) is 0.508. The van der Waals surface area contributed by atoms with Crippen LogP contribution in [0.25, 0.3) is 6.08 Å². The minimum atomic E-state index is -3.40. The van der Waals surface area contributed by atoms with Gasteiger partial charge >= 0.3 is 0 Å². The molecule has 0 amide bonds. The molecule has 0 bridgehead atoms. The Morgan fingerprint density at radius 1 is 1.03 bits per heavy atom. The molecular weight excluding hydrogens is 462 g/mol.